The minimum atomic E-state index is -0.899. The summed E-state index contributed by atoms with van der Waals surface area (Å²) in [5.74, 6) is 0. The maximum Gasteiger partial charge on any atom is 0.322 e. The normalized spacial score (nSPS) is 23.2. The Morgan fingerprint density at radius 2 is 1.83 bits per heavy atom. The number of amides is 2. The molecule has 1 aliphatic heterocycles. The molecule has 5 nitrogen and oxygen atoms in total. The van der Waals surface area contributed by atoms with Crippen LogP contribution in [0.4, 0.5) is 10.5 Å². The first-order valence-electron chi connectivity index (χ1n) is 5.34. The summed E-state index contributed by atoms with van der Waals surface area (Å²) < 4.78 is 0. The Morgan fingerprint density at radius 1 is 1.22 bits per heavy atom. The third kappa shape index (κ3) is 2.87. The molecule has 98 valence electrons. The summed E-state index contributed by atoms with van der Waals surface area (Å²) in [6.07, 6.45) is -1.80. The standard InChI is InChI=1S/C11H12Cl2N2O3/c12-7-2-1-6(3-8(7)13)14-11(18)15-4-9(16)10(17)5-15/h1-3,9-10,16-17H,4-5H2,(H,14,18). The third-order valence-electron chi connectivity index (χ3n) is 2.72. The van der Waals surface area contributed by atoms with Crippen molar-refractivity contribution in [2.24, 2.45) is 0 Å². The van der Waals surface area contributed by atoms with E-state index >= 15 is 0 Å². The molecule has 0 aromatic heterocycles. The van der Waals surface area contributed by atoms with E-state index in [0.717, 1.165) is 0 Å². The van der Waals surface area contributed by atoms with Crippen LogP contribution in [0.3, 0.4) is 0 Å². The highest BCUT2D eigenvalue weighted by Gasteiger charge is 2.32. The quantitative estimate of drug-likeness (QED) is 0.735. The van der Waals surface area contributed by atoms with Gasteiger partial charge in [-0.2, -0.15) is 0 Å². The molecule has 1 aromatic carbocycles. The molecule has 18 heavy (non-hydrogen) atoms. The van der Waals surface area contributed by atoms with Crippen LogP contribution in [0.25, 0.3) is 0 Å². The number of carbonyl (C=O) groups excluding carboxylic acids is 1. The summed E-state index contributed by atoms with van der Waals surface area (Å²) in [5, 5.41) is 22.1. The van der Waals surface area contributed by atoms with Crippen LogP contribution in [0.1, 0.15) is 0 Å². The summed E-state index contributed by atoms with van der Waals surface area (Å²) >= 11 is 11.6. The molecule has 0 saturated carbocycles. The van der Waals surface area contributed by atoms with Crippen molar-refractivity contribution in [3.05, 3.63) is 28.2 Å². The molecule has 2 rings (SSSR count). The molecule has 0 radical (unpaired) electrons. The van der Waals surface area contributed by atoms with E-state index in [-0.39, 0.29) is 13.1 Å². The van der Waals surface area contributed by atoms with E-state index in [4.69, 9.17) is 23.2 Å². The van der Waals surface area contributed by atoms with Gasteiger partial charge in [-0.05, 0) is 18.2 Å². The first kappa shape index (κ1) is 13.4. The molecule has 0 bridgehead atoms. The largest absolute Gasteiger partial charge is 0.388 e. The fourth-order valence-corrected chi connectivity index (χ4v) is 2.01. The third-order valence-corrected chi connectivity index (χ3v) is 3.46. The average molecular weight is 291 g/mol. The van der Waals surface area contributed by atoms with Crippen molar-refractivity contribution in [2.45, 2.75) is 12.2 Å². The summed E-state index contributed by atoms with van der Waals surface area (Å²) in [5.41, 5.74) is 0.505. The summed E-state index contributed by atoms with van der Waals surface area (Å²) in [6, 6.07) is 4.33. The van der Waals surface area contributed by atoms with Gasteiger partial charge in [0.2, 0.25) is 0 Å². The number of β-amino-alcohol motifs (C(OH)–C–C–N with tert-alkyl or cyclic N) is 2. The van der Waals surface area contributed by atoms with Gasteiger partial charge in [-0.3, -0.25) is 0 Å². The van der Waals surface area contributed by atoms with Crippen LogP contribution in [0.15, 0.2) is 18.2 Å². The molecule has 2 atom stereocenters. The van der Waals surface area contributed by atoms with Crippen LogP contribution < -0.4 is 5.32 Å². The Labute approximate surface area is 114 Å². The first-order chi connectivity index (χ1) is 8.47. The van der Waals surface area contributed by atoms with Crippen molar-refractivity contribution >= 4 is 34.9 Å². The molecule has 1 aromatic rings. The molecule has 1 saturated heterocycles. The van der Waals surface area contributed by atoms with Crippen LogP contribution in [-0.4, -0.2) is 46.4 Å². The maximum absolute atomic E-state index is 11.8. The monoisotopic (exact) mass is 290 g/mol. The number of hydrogen-bond acceptors (Lipinski definition) is 3. The molecule has 1 heterocycles. The predicted molar refractivity (Wildman–Crippen MR) is 69.1 cm³/mol. The number of carbonyl (C=O) groups is 1. The minimum Gasteiger partial charge on any atom is -0.388 e. The van der Waals surface area contributed by atoms with E-state index in [2.05, 4.69) is 5.32 Å². The maximum atomic E-state index is 11.8. The molecule has 1 aliphatic rings. The predicted octanol–water partition coefficient (Wildman–Crippen LogP) is 1.56. The van der Waals surface area contributed by atoms with Gasteiger partial charge in [-0.1, -0.05) is 23.2 Å². The first-order valence-corrected chi connectivity index (χ1v) is 6.10. The number of likely N-dealkylation sites (tertiary alicyclic amines) is 1. The van der Waals surface area contributed by atoms with Crippen molar-refractivity contribution in [3.63, 3.8) is 0 Å². The van der Waals surface area contributed by atoms with Gasteiger partial charge in [0.1, 0.15) is 0 Å². The Morgan fingerprint density at radius 3 is 2.39 bits per heavy atom. The zero-order valence-corrected chi connectivity index (χ0v) is 10.8. The number of nitrogens with one attached hydrogen (secondary N) is 1. The topological polar surface area (TPSA) is 72.8 Å². The lowest BCUT2D eigenvalue weighted by Crippen LogP contribution is -2.33. The second kappa shape index (κ2) is 5.32. The van der Waals surface area contributed by atoms with Crippen LogP contribution in [0.5, 0.6) is 0 Å². The number of benzene rings is 1. The van der Waals surface area contributed by atoms with Crippen LogP contribution in [0, 0.1) is 0 Å². The molecule has 7 heteroatoms. The summed E-state index contributed by atoms with van der Waals surface area (Å²) in [7, 11) is 0. The molecule has 2 unspecified atom stereocenters. The van der Waals surface area contributed by atoms with Crippen molar-refractivity contribution < 1.29 is 15.0 Å². The van der Waals surface area contributed by atoms with E-state index in [0.29, 0.717) is 15.7 Å². The van der Waals surface area contributed by atoms with Crippen molar-refractivity contribution in [3.8, 4) is 0 Å². The van der Waals surface area contributed by atoms with Gasteiger partial charge in [0.05, 0.1) is 35.3 Å². The Kier molecular flexibility index (Phi) is 3.97. The van der Waals surface area contributed by atoms with Gasteiger partial charge in [0.25, 0.3) is 0 Å². The number of nitrogens with zero attached hydrogens (tertiary/aromatic N) is 1. The molecule has 1 fully saturated rings. The zero-order valence-electron chi connectivity index (χ0n) is 9.31. The molecule has 0 spiro atoms. The molecular weight excluding hydrogens is 279 g/mol. The van der Waals surface area contributed by atoms with E-state index in [9.17, 15) is 15.0 Å². The van der Waals surface area contributed by atoms with Gasteiger partial charge in [0.15, 0.2) is 0 Å². The van der Waals surface area contributed by atoms with Gasteiger partial charge >= 0.3 is 6.03 Å². The zero-order chi connectivity index (χ0) is 13.3. The Bertz CT molecular complexity index is 460. The molecule has 3 N–H and O–H groups in total. The van der Waals surface area contributed by atoms with Crippen LogP contribution in [0.2, 0.25) is 10.0 Å². The second-order valence-corrected chi connectivity index (χ2v) is 4.91. The highest BCUT2D eigenvalue weighted by molar-refractivity contribution is 6.42. The van der Waals surface area contributed by atoms with E-state index in [1.807, 2.05) is 0 Å². The number of halogens is 2. The lowest BCUT2D eigenvalue weighted by Gasteiger charge is -2.16. The number of urea groups is 1. The fourth-order valence-electron chi connectivity index (χ4n) is 1.71. The lowest BCUT2D eigenvalue weighted by atomic mass is 10.3. The highest BCUT2D eigenvalue weighted by atomic mass is 35.5. The van der Waals surface area contributed by atoms with Crippen LogP contribution >= 0.6 is 23.2 Å². The van der Waals surface area contributed by atoms with E-state index in [1.54, 1.807) is 12.1 Å². The Balaban J connectivity index is 2.01. The van der Waals surface area contributed by atoms with E-state index < -0.39 is 18.2 Å². The van der Waals surface area contributed by atoms with Gasteiger partial charge in [-0.15, -0.1) is 0 Å². The fraction of sp³-hybridized carbons (Fsp3) is 0.364. The van der Waals surface area contributed by atoms with Crippen molar-refractivity contribution in [1.29, 1.82) is 0 Å². The highest BCUT2D eigenvalue weighted by Crippen LogP contribution is 2.25. The number of aliphatic hydroxyl groups excluding tert-OH is 2. The minimum absolute atomic E-state index is 0.105. The lowest BCUT2D eigenvalue weighted by molar-refractivity contribution is 0.0572. The molecule has 2 amide bonds. The Hall–Kier alpha value is -1.01. The van der Waals surface area contributed by atoms with Gasteiger partial charge < -0.3 is 20.4 Å². The second-order valence-electron chi connectivity index (χ2n) is 4.10. The van der Waals surface area contributed by atoms with Crippen molar-refractivity contribution in [2.75, 3.05) is 18.4 Å². The van der Waals surface area contributed by atoms with E-state index in [1.165, 1.54) is 11.0 Å². The number of anilines is 1. The van der Waals surface area contributed by atoms with Crippen LogP contribution in [-0.2, 0) is 0 Å². The van der Waals surface area contributed by atoms with Gasteiger partial charge in [0, 0.05) is 5.69 Å². The van der Waals surface area contributed by atoms with Crippen molar-refractivity contribution in [1.82, 2.24) is 4.90 Å². The number of aliphatic hydroxyl groups is 2. The SMILES string of the molecule is O=C(Nc1ccc(Cl)c(Cl)c1)N1CC(O)C(O)C1. The molecule has 0 aliphatic carbocycles. The smallest absolute Gasteiger partial charge is 0.322 e. The summed E-state index contributed by atoms with van der Waals surface area (Å²) in [6.45, 7) is 0.211. The summed E-state index contributed by atoms with van der Waals surface area (Å²) in [4.78, 5) is 13.1. The average Bonchev–Trinajstić information content (AvgIpc) is 2.65. The number of rotatable bonds is 1. The number of hydrogen-bond donors (Lipinski definition) is 3. The molecular formula is C11H12Cl2N2O3. The van der Waals surface area contributed by atoms with Gasteiger partial charge in [-0.25, -0.2) is 4.79 Å².